The number of nitrogens with zero attached hydrogens (tertiary/aromatic N) is 1. The Morgan fingerprint density at radius 2 is 1.60 bits per heavy atom. The van der Waals surface area contributed by atoms with E-state index in [-0.39, 0.29) is 5.54 Å². The summed E-state index contributed by atoms with van der Waals surface area (Å²) in [7, 11) is 2.22. The van der Waals surface area contributed by atoms with Crippen LogP contribution in [0.5, 0.6) is 0 Å². The molecule has 2 nitrogen and oxygen atoms in total. The molecule has 15 heavy (non-hydrogen) atoms. The molecule has 0 radical (unpaired) electrons. The summed E-state index contributed by atoms with van der Waals surface area (Å²) in [6.07, 6.45) is 2.42. The normalized spacial score (nSPS) is 13.6. The molecule has 1 N–H and O–H groups in total. The molecule has 0 saturated heterocycles. The minimum absolute atomic E-state index is 0.249. The molecule has 0 rings (SSSR count). The number of hydrogen-bond acceptors (Lipinski definition) is 2. The molecule has 2 heteroatoms. The van der Waals surface area contributed by atoms with Crippen molar-refractivity contribution in [3.63, 3.8) is 0 Å². The van der Waals surface area contributed by atoms with Gasteiger partial charge in [0.2, 0.25) is 0 Å². The van der Waals surface area contributed by atoms with Crippen molar-refractivity contribution in [1.82, 2.24) is 10.2 Å². The van der Waals surface area contributed by atoms with Crippen molar-refractivity contribution in [3.8, 4) is 0 Å². The Kier molecular flexibility index (Phi) is 5.82. The molecule has 0 atom stereocenters. The van der Waals surface area contributed by atoms with Crippen molar-refractivity contribution in [2.75, 3.05) is 20.1 Å². The second-order valence-electron chi connectivity index (χ2n) is 6.12. The molecule has 0 aliphatic rings. The molecule has 0 aromatic rings. The van der Waals surface area contributed by atoms with Gasteiger partial charge >= 0.3 is 0 Å². The molecule has 0 aromatic heterocycles. The Labute approximate surface area is 96.4 Å². The zero-order valence-electron chi connectivity index (χ0n) is 11.8. The van der Waals surface area contributed by atoms with Gasteiger partial charge in [-0.15, -0.1) is 0 Å². The third-order valence-electron chi connectivity index (χ3n) is 3.22. The van der Waals surface area contributed by atoms with Gasteiger partial charge in [-0.2, -0.15) is 0 Å². The van der Waals surface area contributed by atoms with Gasteiger partial charge in [-0.1, -0.05) is 6.92 Å². The minimum Gasteiger partial charge on any atom is -0.312 e. The lowest BCUT2D eigenvalue weighted by atomic mass is 10.00. The van der Waals surface area contributed by atoms with E-state index >= 15 is 0 Å². The lowest BCUT2D eigenvalue weighted by molar-refractivity contribution is 0.148. The Morgan fingerprint density at radius 1 is 1.07 bits per heavy atom. The van der Waals surface area contributed by atoms with Gasteiger partial charge < -0.3 is 10.2 Å². The average Bonchev–Trinajstić information content (AvgIpc) is 2.10. The molecule has 0 fully saturated rings. The fourth-order valence-corrected chi connectivity index (χ4v) is 1.35. The van der Waals surface area contributed by atoms with E-state index in [1.165, 1.54) is 19.4 Å². The summed E-state index contributed by atoms with van der Waals surface area (Å²) in [4.78, 5) is 2.46. The topological polar surface area (TPSA) is 15.3 Å². The summed E-state index contributed by atoms with van der Waals surface area (Å²) >= 11 is 0. The van der Waals surface area contributed by atoms with E-state index in [1.54, 1.807) is 0 Å². The monoisotopic (exact) mass is 214 g/mol. The molecule has 0 aliphatic heterocycles. The van der Waals surface area contributed by atoms with E-state index in [0.29, 0.717) is 5.54 Å². The second kappa shape index (κ2) is 5.86. The third kappa shape index (κ3) is 6.91. The maximum atomic E-state index is 3.52. The van der Waals surface area contributed by atoms with Gasteiger partial charge in [0.15, 0.2) is 0 Å². The van der Waals surface area contributed by atoms with E-state index in [9.17, 15) is 0 Å². The first-order valence-electron chi connectivity index (χ1n) is 6.15. The Hall–Kier alpha value is -0.0800. The smallest absolute Gasteiger partial charge is 0.0147 e. The van der Waals surface area contributed by atoms with Crippen LogP contribution in [0.15, 0.2) is 0 Å². The number of hydrogen-bond donors (Lipinski definition) is 1. The van der Waals surface area contributed by atoms with E-state index in [2.05, 4.69) is 58.8 Å². The van der Waals surface area contributed by atoms with Crippen molar-refractivity contribution < 1.29 is 0 Å². The van der Waals surface area contributed by atoms with Crippen molar-refractivity contribution in [2.45, 2.75) is 65.5 Å². The summed E-state index contributed by atoms with van der Waals surface area (Å²) < 4.78 is 0. The molecular weight excluding hydrogens is 184 g/mol. The summed E-state index contributed by atoms with van der Waals surface area (Å²) in [6, 6.07) is 0. The maximum Gasteiger partial charge on any atom is 0.0147 e. The van der Waals surface area contributed by atoms with Gasteiger partial charge in [0.25, 0.3) is 0 Å². The molecule has 92 valence electrons. The first kappa shape index (κ1) is 14.9. The van der Waals surface area contributed by atoms with Crippen molar-refractivity contribution in [2.24, 2.45) is 0 Å². The summed E-state index contributed by atoms with van der Waals surface area (Å²) in [5.74, 6) is 0. The van der Waals surface area contributed by atoms with Gasteiger partial charge in [-0.25, -0.2) is 0 Å². The average molecular weight is 214 g/mol. The summed E-state index contributed by atoms with van der Waals surface area (Å²) in [5, 5.41) is 3.52. The molecule has 0 aliphatic carbocycles. The van der Waals surface area contributed by atoms with Crippen LogP contribution in [0.1, 0.15) is 54.4 Å². The Morgan fingerprint density at radius 3 is 2.00 bits per heavy atom. The van der Waals surface area contributed by atoms with Crippen molar-refractivity contribution in [1.29, 1.82) is 0 Å². The quantitative estimate of drug-likeness (QED) is 0.684. The fraction of sp³-hybridized carbons (Fsp3) is 1.00. The van der Waals surface area contributed by atoms with Crippen LogP contribution in [0.4, 0.5) is 0 Å². The fourth-order valence-electron chi connectivity index (χ4n) is 1.35. The van der Waals surface area contributed by atoms with Gasteiger partial charge in [0.05, 0.1) is 0 Å². The van der Waals surface area contributed by atoms with Crippen LogP contribution in [-0.2, 0) is 0 Å². The summed E-state index contributed by atoms with van der Waals surface area (Å²) in [6.45, 7) is 15.8. The molecule has 0 saturated carbocycles. The first-order valence-corrected chi connectivity index (χ1v) is 6.15. The standard InChI is InChI=1S/C13H30N2/c1-8-13(5,6)15(7)11-9-10-14-12(2,3)4/h14H,8-11H2,1-7H3. The van der Waals surface area contributed by atoms with E-state index < -0.39 is 0 Å². The maximum absolute atomic E-state index is 3.52. The predicted octanol–water partition coefficient (Wildman–Crippen LogP) is 2.89. The van der Waals surface area contributed by atoms with Gasteiger partial charge in [0.1, 0.15) is 0 Å². The summed E-state index contributed by atoms with van der Waals surface area (Å²) in [5.41, 5.74) is 0.584. The van der Waals surface area contributed by atoms with Gasteiger partial charge in [-0.3, -0.25) is 0 Å². The zero-order chi connectivity index (χ0) is 12.1. The Balaban J connectivity index is 3.69. The highest BCUT2D eigenvalue weighted by atomic mass is 15.2. The molecule has 0 amide bonds. The predicted molar refractivity (Wildman–Crippen MR) is 69.4 cm³/mol. The van der Waals surface area contributed by atoms with Gasteiger partial charge in [0, 0.05) is 11.1 Å². The molecule has 0 unspecified atom stereocenters. The lowest BCUT2D eigenvalue weighted by Crippen LogP contribution is -2.43. The van der Waals surface area contributed by atoms with Crippen LogP contribution >= 0.6 is 0 Å². The van der Waals surface area contributed by atoms with E-state index in [1.807, 2.05) is 0 Å². The number of rotatable bonds is 6. The molecule has 0 bridgehead atoms. The SMILES string of the molecule is CCC(C)(C)N(C)CCCNC(C)(C)C. The van der Waals surface area contributed by atoms with E-state index in [0.717, 1.165) is 6.54 Å². The van der Waals surface area contributed by atoms with E-state index in [4.69, 9.17) is 0 Å². The molecule has 0 heterocycles. The van der Waals surface area contributed by atoms with Crippen LogP contribution in [0.2, 0.25) is 0 Å². The molecule has 0 aromatic carbocycles. The highest BCUT2D eigenvalue weighted by Crippen LogP contribution is 2.16. The van der Waals surface area contributed by atoms with Crippen LogP contribution < -0.4 is 5.32 Å². The second-order valence-corrected chi connectivity index (χ2v) is 6.12. The van der Waals surface area contributed by atoms with Crippen LogP contribution in [0.25, 0.3) is 0 Å². The van der Waals surface area contributed by atoms with Crippen molar-refractivity contribution in [3.05, 3.63) is 0 Å². The van der Waals surface area contributed by atoms with Crippen LogP contribution in [0, 0.1) is 0 Å². The molecular formula is C13H30N2. The Bertz CT molecular complexity index is 168. The van der Waals surface area contributed by atoms with Crippen LogP contribution in [0.3, 0.4) is 0 Å². The minimum atomic E-state index is 0.249. The van der Waals surface area contributed by atoms with Crippen molar-refractivity contribution >= 4 is 0 Å². The molecule has 0 spiro atoms. The third-order valence-corrected chi connectivity index (χ3v) is 3.22. The zero-order valence-corrected chi connectivity index (χ0v) is 11.8. The first-order chi connectivity index (χ1) is 6.69. The van der Waals surface area contributed by atoms with Gasteiger partial charge in [-0.05, 0) is 67.6 Å². The lowest BCUT2D eigenvalue weighted by Gasteiger charge is -2.35. The highest BCUT2D eigenvalue weighted by molar-refractivity contribution is 4.77. The largest absolute Gasteiger partial charge is 0.312 e. The number of nitrogens with one attached hydrogen (secondary N) is 1. The van der Waals surface area contributed by atoms with Crippen LogP contribution in [-0.4, -0.2) is 36.1 Å². The highest BCUT2D eigenvalue weighted by Gasteiger charge is 2.20.